The smallest absolute Gasteiger partial charge is 0.306 e. The fourth-order valence-electron chi connectivity index (χ4n) is 1.61. The van der Waals surface area contributed by atoms with Crippen molar-refractivity contribution in [1.82, 2.24) is 0 Å². The summed E-state index contributed by atoms with van der Waals surface area (Å²) in [6.45, 7) is 0. The van der Waals surface area contributed by atoms with Gasteiger partial charge in [-0.25, -0.2) is 12.1 Å². The van der Waals surface area contributed by atoms with Gasteiger partial charge >= 0.3 is 11.9 Å². The first-order chi connectivity index (χ1) is 9.09. The van der Waals surface area contributed by atoms with E-state index in [4.69, 9.17) is 10.2 Å². The summed E-state index contributed by atoms with van der Waals surface area (Å²) < 4.78 is 0. The third-order valence-corrected chi connectivity index (χ3v) is 2.54. The normalized spacial score (nSPS) is 10.6. The summed E-state index contributed by atoms with van der Waals surface area (Å²) in [4.78, 5) is 21.1. The first-order valence-electron chi connectivity index (χ1n) is 5.91. The molecule has 1 atom stereocenters. The first-order valence-corrected chi connectivity index (χ1v) is 5.91. The van der Waals surface area contributed by atoms with E-state index in [1.165, 1.54) is 0 Å². The summed E-state index contributed by atoms with van der Waals surface area (Å²) in [5, 5.41) is 17.3. The van der Waals surface area contributed by atoms with Gasteiger partial charge < -0.3 is 40.5 Å². The van der Waals surface area contributed by atoms with Crippen molar-refractivity contribution in [3.05, 3.63) is 60.2 Å². The van der Waals surface area contributed by atoms with E-state index in [0.717, 1.165) is 5.56 Å². The predicted molar refractivity (Wildman–Crippen MR) is 71.2 cm³/mol. The molecule has 20 heavy (non-hydrogen) atoms. The molecular weight excluding hydrogens is 300 g/mol. The molecule has 2 rings (SSSR count). The summed E-state index contributed by atoms with van der Waals surface area (Å²) in [6, 6.07) is 17.2. The van der Waals surface area contributed by atoms with Crippen molar-refractivity contribution in [1.29, 1.82) is 0 Å². The number of aliphatic carboxylic acids is 2. The Kier molecular flexibility index (Phi) is 9.09. The van der Waals surface area contributed by atoms with E-state index < -0.39 is 17.9 Å². The molecule has 2 aromatic carbocycles. The van der Waals surface area contributed by atoms with Gasteiger partial charge in [0.2, 0.25) is 0 Å². The van der Waals surface area contributed by atoms with Crippen LogP contribution in [0.3, 0.4) is 0 Å². The maximum absolute atomic E-state index is 10.7. The zero-order valence-electron chi connectivity index (χ0n) is 10.8. The van der Waals surface area contributed by atoms with Crippen LogP contribution in [0.15, 0.2) is 54.6 Å². The van der Waals surface area contributed by atoms with Crippen LogP contribution in [-0.2, 0) is 33.1 Å². The van der Waals surface area contributed by atoms with E-state index in [1.54, 1.807) is 24.3 Å². The Morgan fingerprint density at radius 1 is 1.00 bits per heavy atom. The molecule has 4 nitrogen and oxygen atoms in total. The Morgan fingerprint density at radius 3 is 1.80 bits per heavy atom. The standard InChI is InChI=1S/C10H11O4.C5H5.Fe/c11-9(12)6-8(10(13)14)5-7-3-1-2-4-7;1-2-4-5-3-1;/h1-4,8H,5-6H2,(H,11,12)(H,13,14);1-5H;/q-1;-5;. The van der Waals surface area contributed by atoms with E-state index in [2.05, 4.69) is 0 Å². The van der Waals surface area contributed by atoms with Gasteiger partial charge in [0.15, 0.2) is 0 Å². The van der Waals surface area contributed by atoms with E-state index in [9.17, 15) is 9.59 Å². The predicted octanol–water partition coefficient (Wildman–Crippen LogP) is 2.53. The van der Waals surface area contributed by atoms with Gasteiger partial charge in [-0.15, -0.1) is 0 Å². The maximum Gasteiger partial charge on any atom is 0.306 e. The zero-order valence-corrected chi connectivity index (χ0v) is 11.9. The molecule has 2 N–H and O–H groups in total. The summed E-state index contributed by atoms with van der Waals surface area (Å²) >= 11 is 0. The van der Waals surface area contributed by atoms with E-state index >= 15 is 0 Å². The van der Waals surface area contributed by atoms with Crippen molar-refractivity contribution in [2.45, 2.75) is 12.8 Å². The van der Waals surface area contributed by atoms with Crippen LogP contribution in [0.25, 0.3) is 0 Å². The molecule has 0 aliphatic carbocycles. The van der Waals surface area contributed by atoms with Crippen molar-refractivity contribution in [2.75, 3.05) is 0 Å². The Labute approximate surface area is 128 Å². The Hall–Kier alpha value is -1.84. The van der Waals surface area contributed by atoms with Gasteiger partial charge in [0, 0.05) is 17.1 Å². The molecule has 0 heterocycles. The first kappa shape index (κ1) is 18.2. The molecule has 114 valence electrons. The van der Waals surface area contributed by atoms with Crippen LogP contribution in [0.2, 0.25) is 0 Å². The van der Waals surface area contributed by atoms with E-state index in [0.29, 0.717) is 0 Å². The monoisotopic (exact) mass is 316 g/mol. The van der Waals surface area contributed by atoms with Gasteiger partial charge in [0.1, 0.15) is 0 Å². The van der Waals surface area contributed by atoms with Crippen molar-refractivity contribution < 1.29 is 36.9 Å². The van der Waals surface area contributed by atoms with E-state index in [-0.39, 0.29) is 29.9 Å². The Bertz CT molecular complexity index is 457. The number of carboxylic acids is 2. The second kappa shape index (κ2) is 10.0. The summed E-state index contributed by atoms with van der Waals surface area (Å²) in [5.41, 5.74) is 0.860. The van der Waals surface area contributed by atoms with Crippen LogP contribution in [-0.4, -0.2) is 22.2 Å². The molecule has 0 fully saturated rings. The quantitative estimate of drug-likeness (QED) is 0.656. The second-order valence-corrected chi connectivity index (χ2v) is 4.09. The van der Waals surface area contributed by atoms with Crippen molar-refractivity contribution in [2.24, 2.45) is 5.92 Å². The minimum absolute atomic E-state index is 0. The summed E-state index contributed by atoms with van der Waals surface area (Å²) in [7, 11) is 0. The SMILES string of the molecule is O=C(O)CC(C[c-]1cccc1)C(=O)O.[Fe].[cH-]1[cH-][cH-][cH-][cH-]1. The number of hydrogen-bond donors (Lipinski definition) is 2. The van der Waals surface area contributed by atoms with Gasteiger partial charge in [0.05, 0.1) is 12.3 Å². The van der Waals surface area contributed by atoms with Gasteiger partial charge in [0.25, 0.3) is 0 Å². The molecule has 0 spiro atoms. The molecule has 5 heteroatoms. The van der Waals surface area contributed by atoms with Crippen LogP contribution < -0.4 is 0 Å². The van der Waals surface area contributed by atoms with Gasteiger partial charge in [-0.3, -0.25) is 9.59 Å². The molecule has 0 bridgehead atoms. The fourth-order valence-corrected chi connectivity index (χ4v) is 1.61. The van der Waals surface area contributed by atoms with E-state index in [1.807, 2.05) is 30.3 Å². The van der Waals surface area contributed by atoms with Crippen molar-refractivity contribution in [3.8, 4) is 0 Å². The molecule has 1 unspecified atom stereocenters. The third-order valence-electron chi connectivity index (χ3n) is 2.54. The summed E-state index contributed by atoms with van der Waals surface area (Å²) in [5.74, 6) is -2.98. The average molecular weight is 316 g/mol. The Balaban J connectivity index is 0.000000507. The zero-order chi connectivity index (χ0) is 14.1. The van der Waals surface area contributed by atoms with Gasteiger partial charge in [-0.2, -0.15) is 17.7 Å². The maximum atomic E-state index is 10.7. The molecule has 0 aliphatic rings. The van der Waals surface area contributed by atoms with Crippen LogP contribution in [0.1, 0.15) is 12.0 Å². The Morgan fingerprint density at radius 2 is 1.45 bits per heavy atom. The molecule has 0 saturated carbocycles. The van der Waals surface area contributed by atoms with Crippen molar-refractivity contribution in [3.63, 3.8) is 0 Å². The number of rotatable bonds is 5. The third kappa shape index (κ3) is 7.56. The molecule has 0 amide bonds. The average Bonchev–Trinajstić information content (AvgIpc) is 3.03. The number of carbonyl (C=O) groups is 2. The second-order valence-electron chi connectivity index (χ2n) is 4.09. The van der Waals surface area contributed by atoms with Crippen molar-refractivity contribution >= 4 is 11.9 Å². The molecular formula is C15H16FeO4-6. The topological polar surface area (TPSA) is 74.6 Å². The van der Waals surface area contributed by atoms with Crippen LogP contribution in [0.5, 0.6) is 0 Å². The summed E-state index contributed by atoms with van der Waals surface area (Å²) in [6.07, 6.45) is -0.0604. The minimum Gasteiger partial charge on any atom is -0.748 e. The molecule has 0 aromatic heterocycles. The minimum atomic E-state index is -1.08. The molecule has 0 radical (unpaired) electrons. The van der Waals surface area contributed by atoms with Gasteiger partial charge in [-0.1, -0.05) is 6.42 Å². The largest absolute Gasteiger partial charge is 0.748 e. The van der Waals surface area contributed by atoms with Gasteiger partial charge in [-0.05, 0) is 0 Å². The molecule has 0 aliphatic heterocycles. The molecule has 0 saturated heterocycles. The fraction of sp³-hybridized carbons (Fsp3) is 0.200. The number of carboxylic acid groups (broad SMARTS) is 2. The molecule has 2 aromatic rings. The number of hydrogen-bond acceptors (Lipinski definition) is 2. The van der Waals surface area contributed by atoms with Crippen LogP contribution in [0, 0.1) is 5.92 Å². The van der Waals surface area contributed by atoms with Crippen LogP contribution >= 0.6 is 0 Å². The van der Waals surface area contributed by atoms with Crippen LogP contribution in [0.4, 0.5) is 0 Å².